The second kappa shape index (κ2) is 6.68. The van der Waals surface area contributed by atoms with Crippen LogP contribution in [0.3, 0.4) is 0 Å². The van der Waals surface area contributed by atoms with Crippen LogP contribution in [-0.2, 0) is 11.3 Å². The molecule has 0 unspecified atom stereocenters. The zero-order valence-electron chi connectivity index (χ0n) is 13.7. The van der Waals surface area contributed by atoms with Gasteiger partial charge in [-0.2, -0.15) is 9.36 Å². The molecule has 0 radical (unpaired) electrons. The highest BCUT2D eigenvalue weighted by atomic mass is 32.1. The lowest BCUT2D eigenvalue weighted by Gasteiger charge is -2.15. The highest BCUT2D eigenvalue weighted by Gasteiger charge is 2.22. The van der Waals surface area contributed by atoms with Crippen molar-refractivity contribution in [2.75, 3.05) is 11.4 Å². The fraction of sp³-hybridized carbons (Fsp3) is 0.235. The number of carbonyl (C=O) groups excluding carboxylic acids is 2. The predicted octanol–water partition coefficient (Wildman–Crippen LogP) is 1.50. The summed E-state index contributed by atoms with van der Waals surface area (Å²) in [5.74, 6) is -0.148. The molecule has 0 spiro atoms. The first-order chi connectivity index (χ1) is 12.6. The van der Waals surface area contributed by atoms with Crippen LogP contribution < -0.4 is 10.6 Å². The lowest BCUT2D eigenvalue weighted by Crippen LogP contribution is -2.27. The number of aromatic nitrogens is 4. The zero-order chi connectivity index (χ0) is 18.1. The molecular formula is C17H15N5O3S. The third kappa shape index (κ3) is 2.97. The fourth-order valence-electron chi connectivity index (χ4n) is 2.88. The van der Waals surface area contributed by atoms with Gasteiger partial charge in [0.05, 0.1) is 0 Å². The van der Waals surface area contributed by atoms with Crippen molar-refractivity contribution >= 4 is 28.7 Å². The Balaban J connectivity index is 1.50. The summed E-state index contributed by atoms with van der Waals surface area (Å²) in [6.07, 6.45) is 1.41. The predicted molar refractivity (Wildman–Crippen MR) is 95.9 cm³/mol. The van der Waals surface area contributed by atoms with Gasteiger partial charge in [0.2, 0.25) is 5.91 Å². The van der Waals surface area contributed by atoms with Crippen LogP contribution in [0.5, 0.6) is 0 Å². The van der Waals surface area contributed by atoms with Crippen LogP contribution in [-0.4, -0.2) is 38.0 Å². The Morgan fingerprint density at radius 2 is 1.92 bits per heavy atom. The van der Waals surface area contributed by atoms with E-state index in [0.717, 1.165) is 16.8 Å². The van der Waals surface area contributed by atoms with E-state index < -0.39 is 5.69 Å². The first kappa shape index (κ1) is 16.4. The van der Waals surface area contributed by atoms with Crippen molar-refractivity contribution in [3.8, 4) is 5.00 Å². The van der Waals surface area contributed by atoms with E-state index in [9.17, 15) is 14.4 Å². The number of thiophene rings is 1. The number of ketones is 1. The first-order valence-electron chi connectivity index (χ1n) is 8.14. The van der Waals surface area contributed by atoms with Crippen LogP contribution in [0.25, 0.3) is 5.00 Å². The van der Waals surface area contributed by atoms with Crippen molar-refractivity contribution < 1.29 is 9.59 Å². The quantitative estimate of drug-likeness (QED) is 0.636. The van der Waals surface area contributed by atoms with Gasteiger partial charge in [-0.15, -0.1) is 11.3 Å². The molecule has 2 aromatic heterocycles. The van der Waals surface area contributed by atoms with E-state index in [1.807, 2.05) is 11.4 Å². The summed E-state index contributed by atoms with van der Waals surface area (Å²) in [7, 11) is 0. The Bertz CT molecular complexity index is 1000. The highest BCUT2D eigenvalue weighted by Crippen LogP contribution is 2.21. The topological polar surface area (TPSA) is 90.1 Å². The van der Waals surface area contributed by atoms with E-state index in [2.05, 4.69) is 10.4 Å². The molecule has 1 amide bonds. The largest absolute Gasteiger partial charge is 0.369 e. The summed E-state index contributed by atoms with van der Waals surface area (Å²) in [5, 5.41) is 10.1. The Kier molecular flexibility index (Phi) is 4.21. The Morgan fingerprint density at radius 1 is 1.12 bits per heavy atom. The lowest BCUT2D eigenvalue weighted by molar-refractivity contribution is -0.117. The van der Waals surface area contributed by atoms with Crippen LogP contribution in [0.4, 0.5) is 5.69 Å². The van der Waals surface area contributed by atoms with Crippen molar-refractivity contribution in [2.45, 2.75) is 19.4 Å². The van der Waals surface area contributed by atoms with Crippen LogP contribution in [0.15, 0.2) is 46.6 Å². The molecule has 0 aliphatic carbocycles. The van der Waals surface area contributed by atoms with Gasteiger partial charge in [-0.3, -0.25) is 9.59 Å². The number of nitrogens with zero attached hydrogens (tertiary/aromatic N) is 5. The molecule has 1 aromatic carbocycles. The first-order valence-corrected chi connectivity index (χ1v) is 9.02. The highest BCUT2D eigenvalue weighted by molar-refractivity contribution is 7.12. The molecule has 0 saturated carbocycles. The summed E-state index contributed by atoms with van der Waals surface area (Å²) >= 11 is 1.36. The molecule has 8 nitrogen and oxygen atoms in total. The SMILES string of the molecule is O=C(Cn1nnn(-c2cccs2)c1=O)c1ccc(N2CCCC2=O)cc1. The molecule has 1 fully saturated rings. The summed E-state index contributed by atoms with van der Waals surface area (Å²) in [6.45, 7) is 0.513. The minimum atomic E-state index is -0.458. The maximum atomic E-state index is 12.4. The normalized spacial score (nSPS) is 14.2. The molecule has 0 atom stereocenters. The fourth-order valence-corrected chi connectivity index (χ4v) is 3.55. The van der Waals surface area contributed by atoms with Crippen LogP contribution in [0.1, 0.15) is 23.2 Å². The number of rotatable bonds is 5. The van der Waals surface area contributed by atoms with Gasteiger partial charge in [0.25, 0.3) is 0 Å². The van der Waals surface area contributed by atoms with Gasteiger partial charge in [0.15, 0.2) is 5.78 Å². The van der Waals surface area contributed by atoms with Crippen molar-refractivity contribution in [1.82, 2.24) is 19.8 Å². The van der Waals surface area contributed by atoms with E-state index in [1.54, 1.807) is 35.2 Å². The number of amides is 1. The maximum Gasteiger partial charge on any atom is 0.369 e. The number of anilines is 1. The minimum Gasteiger partial charge on any atom is -0.312 e. The smallest absolute Gasteiger partial charge is 0.312 e. The molecule has 132 valence electrons. The van der Waals surface area contributed by atoms with E-state index in [1.165, 1.54) is 16.0 Å². The van der Waals surface area contributed by atoms with Gasteiger partial charge in [0.1, 0.15) is 11.5 Å². The third-order valence-corrected chi connectivity index (χ3v) is 5.07. The molecule has 1 saturated heterocycles. The summed E-state index contributed by atoms with van der Waals surface area (Å²) in [5.41, 5.74) is 0.780. The van der Waals surface area contributed by atoms with Gasteiger partial charge in [-0.1, -0.05) is 0 Å². The molecule has 1 aliphatic rings. The molecule has 4 rings (SSSR count). The minimum absolute atomic E-state index is 0.0980. The molecule has 1 aliphatic heterocycles. The average Bonchev–Trinajstić information content (AvgIpc) is 3.38. The second-order valence-electron chi connectivity index (χ2n) is 5.90. The van der Waals surface area contributed by atoms with Gasteiger partial charge >= 0.3 is 5.69 Å². The molecule has 0 bridgehead atoms. The molecular weight excluding hydrogens is 354 g/mol. The van der Waals surface area contributed by atoms with E-state index in [-0.39, 0.29) is 18.2 Å². The van der Waals surface area contributed by atoms with E-state index in [4.69, 9.17) is 0 Å². The van der Waals surface area contributed by atoms with Gasteiger partial charge in [0, 0.05) is 24.2 Å². The Labute approximate surface area is 152 Å². The molecule has 3 aromatic rings. The number of benzene rings is 1. The van der Waals surface area contributed by atoms with E-state index >= 15 is 0 Å². The maximum absolute atomic E-state index is 12.4. The second-order valence-corrected chi connectivity index (χ2v) is 6.83. The molecule has 26 heavy (non-hydrogen) atoms. The molecule has 0 N–H and O–H groups in total. The average molecular weight is 369 g/mol. The standard InChI is InChI=1S/C17H15N5O3S/c23-14(11-21-17(25)22(19-18-21)16-4-2-10-26-16)12-5-7-13(8-6-12)20-9-1-3-15(20)24/h2,4-8,10H,1,3,9,11H2. The van der Waals surface area contributed by atoms with Crippen molar-refractivity contribution in [3.05, 3.63) is 57.8 Å². The van der Waals surface area contributed by atoms with Crippen molar-refractivity contribution in [2.24, 2.45) is 0 Å². The summed E-state index contributed by atoms with van der Waals surface area (Å²) in [6, 6.07) is 10.4. The number of hydrogen-bond acceptors (Lipinski definition) is 6. The Morgan fingerprint density at radius 3 is 2.58 bits per heavy atom. The Hall–Kier alpha value is -3.07. The molecule has 3 heterocycles. The monoisotopic (exact) mass is 369 g/mol. The van der Waals surface area contributed by atoms with Gasteiger partial charge < -0.3 is 4.90 Å². The number of carbonyl (C=O) groups is 2. The lowest BCUT2D eigenvalue weighted by atomic mass is 10.1. The molecule has 9 heteroatoms. The van der Waals surface area contributed by atoms with Crippen LogP contribution in [0, 0.1) is 0 Å². The van der Waals surface area contributed by atoms with E-state index in [0.29, 0.717) is 23.5 Å². The number of tetrazole rings is 1. The summed E-state index contributed by atoms with van der Waals surface area (Å²) in [4.78, 5) is 38.2. The summed E-state index contributed by atoms with van der Waals surface area (Å²) < 4.78 is 2.21. The van der Waals surface area contributed by atoms with Gasteiger partial charge in [-0.25, -0.2) is 4.79 Å². The van der Waals surface area contributed by atoms with Crippen LogP contribution >= 0.6 is 11.3 Å². The van der Waals surface area contributed by atoms with Crippen molar-refractivity contribution in [1.29, 1.82) is 0 Å². The third-order valence-electron chi connectivity index (χ3n) is 4.22. The van der Waals surface area contributed by atoms with Gasteiger partial charge in [-0.05, 0) is 58.6 Å². The number of hydrogen-bond donors (Lipinski definition) is 0. The zero-order valence-corrected chi connectivity index (χ0v) is 14.6. The van der Waals surface area contributed by atoms with Crippen molar-refractivity contribution in [3.63, 3.8) is 0 Å². The van der Waals surface area contributed by atoms with Crippen LogP contribution in [0.2, 0.25) is 0 Å². The number of Topliss-reactive ketones (excluding diaryl/α,β-unsaturated/α-hetero) is 1.